The van der Waals surface area contributed by atoms with Crippen molar-refractivity contribution in [1.82, 2.24) is 0 Å². The van der Waals surface area contributed by atoms with E-state index < -0.39 is 0 Å². The summed E-state index contributed by atoms with van der Waals surface area (Å²) >= 11 is 0. The highest BCUT2D eigenvalue weighted by atomic mass is 14.3. The molecule has 0 bridgehead atoms. The summed E-state index contributed by atoms with van der Waals surface area (Å²) in [5.41, 5.74) is 0. The van der Waals surface area contributed by atoms with Gasteiger partial charge in [-0.15, -0.1) is 0 Å². The molecule has 0 radical (unpaired) electrons. The Bertz CT molecular complexity index is 216. The van der Waals surface area contributed by atoms with E-state index in [1.807, 2.05) is 0 Å². The molecule has 2 unspecified atom stereocenters. The maximum atomic E-state index is 2.61. The molecule has 2 atom stereocenters. The van der Waals surface area contributed by atoms with E-state index in [9.17, 15) is 0 Å². The van der Waals surface area contributed by atoms with Crippen molar-refractivity contribution in [2.45, 2.75) is 125 Å². The summed E-state index contributed by atoms with van der Waals surface area (Å²) in [7, 11) is 0. The van der Waals surface area contributed by atoms with Gasteiger partial charge in [-0.3, -0.25) is 0 Å². The lowest BCUT2D eigenvalue weighted by Gasteiger charge is -2.36. The molecule has 0 amide bonds. The zero-order chi connectivity index (χ0) is 17.5. The lowest BCUT2D eigenvalue weighted by Crippen LogP contribution is -2.27. The molecule has 0 aliphatic carbocycles. The molecule has 0 aliphatic rings. The number of rotatable bonds is 16. The van der Waals surface area contributed by atoms with Gasteiger partial charge < -0.3 is 0 Å². The van der Waals surface area contributed by atoms with E-state index in [0.29, 0.717) is 0 Å². The van der Waals surface area contributed by atoms with Crippen LogP contribution in [-0.4, -0.2) is 0 Å². The monoisotopic (exact) mass is 324 g/mol. The van der Waals surface area contributed by atoms with Crippen molar-refractivity contribution in [3.63, 3.8) is 0 Å². The molecule has 0 saturated heterocycles. The first kappa shape index (κ1) is 23.0. The molecule has 0 nitrogen and oxygen atoms in total. The predicted octanol–water partition coefficient (Wildman–Crippen LogP) is 8.64. The molecule has 140 valence electrons. The largest absolute Gasteiger partial charge is 0.0654 e. The van der Waals surface area contributed by atoms with Crippen LogP contribution in [0.15, 0.2) is 0 Å². The van der Waals surface area contributed by atoms with Gasteiger partial charge in [-0.2, -0.15) is 0 Å². The fourth-order valence-electron chi connectivity index (χ4n) is 4.59. The lowest BCUT2D eigenvalue weighted by molar-refractivity contribution is 0.136. The molecule has 0 saturated carbocycles. The summed E-state index contributed by atoms with van der Waals surface area (Å²) in [5, 5.41) is 0. The summed E-state index contributed by atoms with van der Waals surface area (Å²) in [6.07, 6.45) is 18.5. The smallest absolute Gasteiger partial charge is 0.0360 e. The minimum absolute atomic E-state index is 0.928. The number of unbranched alkanes of at least 4 members (excludes halogenated alkanes) is 4. The molecule has 0 rings (SSSR count). The zero-order valence-corrected chi connectivity index (χ0v) is 17.5. The van der Waals surface area contributed by atoms with E-state index in [0.717, 1.165) is 23.7 Å². The van der Waals surface area contributed by atoms with E-state index in [1.165, 1.54) is 83.5 Å². The summed E-state index contributed by atoms with van der Waals surface area (Å²) in [6.45, 7) is 14.5. The highest BCUT2D eigenvalue weighted by molar-refractivity contribution is 4.79. The van der Waals surface area contributed by atoms with Gasteiger partial charge in [0, 0.05) is 0 Å². The van der Waals surface area contributed by atoms with E-state index >= 15 is 0 Å². The van der Waals surface area contributed by atoms with Crippen LogP contribution >= 0.6 is 0 Å². The molecule has 0 aromatic rings. The van der Waals surface area contributed by atoms with Crippen LogP contribution in [0.5, 0.6) is 0 Å². The first-order chi connectivity index (χ1) is 11.2. The van der Waals surface area contributed by atoms with Crippen LogP contribution in [0.2, 0.25) is 0 Å². The van der Waals surface area contributed by atoms with Crippen molar-refractivity contribution in [2.24, 2.45) is 23.7 Å². The highest BCUT2D eigenvalue weighted by Crippen LogP contribution is 2.39. The first-order valence-corrected chi connectivity index (χ1v) is 11.2. The van der Waals surface area contributed by atoms with Crippen molar-refractivity contribution in [3.8, 4) is 0 Å². The topological polar surface area (TPSA) is 0 Å². The first-order valence-electron chi connectivity index (χ1n) is 11.2. The zero-order valence-electron chi connectivity index (χ0n) is 17.5. The molecule has 0 aromatic heterocycles. The van der Waals surface area contributed by atoms with E-state index in [-0.39, 0.29) is 0 Å². The van der Waals surface area contributed by atoms with Crippen molar-refractivity contribution in [2.75, 3.05) is 0 Å². The average molecular weight is 325 g/mol. The Labute approximate surface area is 149 Å². The Balaban J connectivity index is 4.88. The minimum atomic E-state index is 0.928. The average Bonchev–Trinajstić information content (AvgIpc) is 2.57. The van der Waals surface area contributed by atoms with Crippen molar-refractivity contribution >= 4 is 0 Å². The van der Waals surface area contributed by atoms with Crippen LogP contribution in [0.3, 0.4) is 0 Å². The number of hydrogen-bond donors (Lipinski definition) is 0. The fraction of sp³-hybridized carbons (Fsp3) is 1.00. The Kier molecular flexibility index (Phi) is 15.5. The third kappa shape index (κ3) is 9.78. The fourth-order valence-corrected chi connectivity index (χ4v) is 4.59. The summed E-state index contributed by atoms with van der Waals surface area (Å²) in [5.74, 6) is 3.86. The summed E-state index contributed by atoms with van der Waals surface area (Å²) < 4.78 is 0. The van der Waals surface area contributed by atoms with Crippen LogP contribution in [0.1, 0.15) is 125 Å². The lowest BCUT2D eigenvalue weighted by atomic mass is 9.69. The van der Waals surface area contributed by atoms with Crippen LogP contribution in [0.25, 0.3) is 0 Å². The van der Waals surface area contributed by atoms with Crippen molar-refractivity contribution < 1.29 is 0 Å². The Morgan fingerprint density at radius 2 is 0.870 bits per heavy atom. The Morgan fingerprint density at radius 3 is 1.17 bits per heavy atom. The SMILES string of the molecule is CCCCC(CCCC)C(C)C(CC)C(CCCC)CCCC. The molecule has 0 aliphatic heterocycles. The second-order valence-electron chi connectivity index (χ2n) is 8.02. The van der Waals surface area contributed by atoms with Gasteiger partial charge in [0.2, 0.25) is 0 Å². The normalized spacial score (nSPS) is 14.6. The van der Waals surface area contributed by atoms with E-state index in [4.69, 9.17) is 0 Å². The van der Waals surface area contributed by atoms with Crippen molar-refractivity contribution in [1.29, 1.82) is 0 Å². The summed E-state index contributed by atoms with van der Waals surface area (Å²) in [4.78, 5) is 0. The molecule has 0 N–H and O–H groups in total. The van der Waals surface area contributed by atoms with E-state index in [2.05, 4.69) is 41.5 Å². The van der Waals surface area contributed by atoms with Gasteiger partial charge in [-0.1, -0.05) is 125 Å². The molecule has 0 fully saturated rings. The molecule has 0 heteroatoms. The van der Waals surface area contributed by atoms with Crippen LogP contribution in [0, 0.1) is 23.7 Å². The molecular formula is C23H48. The minimum Gasteiger partial charge on any atom is -0.0654 e. The third-order valence-electron chi connectivity index (χ3n) is 6.21. The van der Waals surface area contributed by atoms with Gasteiger partial charge in [0.1, 0.15) is 0 Å². The molecule has 23 heavy (non-hydrogen) atoms. The van der Waals surface area contributed by atoms with Gasteiger partial charge in [0.25, 0.3) is 0 Å². The summed E-state index contributed by atoms with van der Waals surface area (Å²) in [6, 6.07) is 0. The second-order valence-corrected chi connectivity index (χ2v) is 8.02. The quantitative estimate of drug-likeness (QED) is 0.266. The standard InChI is InChI=1S/C23H48/c1-7-12-16-21(17-13-8-2)20(6)23(11-5)22(18-14-9-3)19-15-10-4/h20-23H,7-19H2,1-6H3. The number of hydrogen-bond acceptors (Lipinski definition) is 0. The van der Waals surface area contributed by atoms with Gasteiger partial charge in [0.05, 0.1) is 0 Å². The van der Waals surface area contributed by atoms with Crippen molar-refractivity contribution in [3.05, 3.63) is 0 Å². The molecule has 0 aromatic carbocycles. The third-order valence-corrected chi connectivity index (χ3v) is 6.21. The molecule has 0 heterocycles. The molecular weight excluding hydrogens is 276 g/mol. The van der Waals surface area contributed by atoms with E-state index in [1.54, 1.807) is 0 Å². The van der Waals surface area contributed by atoms with Crippen LogP contribution in [-0.2, 0) is 0 Å². The van der Waals surface area contributed by atoms with Crippen LogP contribution < -0.4 is 0 Å². The van der Waals surface area contributed by atoms with Gasteiger partial charge in [-0.05, 0) is 23.7 Å². The highest BCUT2D eigenvalue weighted by Gasteiger charge is 2.29. The Hall–Kier alpha value is 0. The van der Waals surface area contributed by atoms with Gasteiger partial charge >= 0.3 is 0 Å². The maximum absolute atomic E-state index is 2.61. The second kappa shape index (κ2) is 15.5. The molecule has 0 spiro atoms. The van der Waals surface area contributed by atoms with Gasteiger partial charge in [0.15, 0.2) is 0 Å². The van der Waals surface area contributed by atoms with Gasteiger partial charge in [-0.25, -0.2) is 0 Å². The predicted molar refractivity (Wildman–Crippen MR) is 108 cm³/mol. The van der Waals surface area contributed by atoms with Crippen LogP contribution in [0.4, 0.5) is 0 Å². The Morgan fingerprint density at radius 1 is 0.522 bits per heavy atom. The maximum Gasteiger partial charge on any atom is -0.0360 e.